The molecule has 0 amide bonds. The average Bonchev–Trinajstić information content (AvgIpc) is 2.62. The van der Waals surface area contributed by atoms with Gasteiger partial charge in [-0.25, -0.2) is 9.59 Å². The SMILES string of the molecule is COc1cc(CCN=CC=C2C=C(C(=O)O)N[C@H](C(=O)O)C2)ccc1O. The topological polar surface area (TPSA) is 128 Å². The summed E-state index contributed by atoms with van der Waals surface area (Å²) in [6, 6.07) is 4.09. The largest absolute Gasteiger partial charge is 0.504 e. The molecule has 0 aliphatic carbocycles. The number of hydrogen-bond donors (Lipinski definition) is 4. The summed E-state index contributed by atoms with van der Waals surface area (Å²) in [5.74, 6) is -1.85. The molecule has 138 valence electrons. The standard InChI is InChI=1S/C18H20N2O6/c1-26-16-10-11(2-3-15(16)21)4-6-19-7-5-12-8-13(17(22)23)20-14(9-12)18(24)25/h2-3,5,7-8,10,14,20-21H,4,6,9H2,1H3,(H,22,23)(H,24,25)/t14-/m0/s1. The predicted molar refractivity (Wildman–Crippen MR) is 94.7 cm³/mol. The van der Waals surface area contributed by atoms with E-state index in [0.717, 1.165) is 5.56 Å². The molecule has 1 aromatic rings. The monoisotopic (exact) mass is 360 g/mol. The van der Waals surface area contributed by atoms with Crippen LogP contribution in [0.25, 0.3) is 0 Å². The lowest BCUT2D eigenvalue weighted by molar-refractivity contribution is -0.139. The van der Waals surface area contributed by atoms with Gasteiger partial charge in [0.25, 0.3) is 0 Å². The number of carboxylic acids is 2. The van der Waals surface area contributed by atoms with Crippen molar-refractivity contribution in [2.75, 3.05) is 13.7 Å². The van der Waals surface area contributed by atoms with Crippen LogP contribution in [-0.2, 0) is 16.0 Å². The zero-order valence-corrected chi connectivity index (χ0v) is 14.2. The van der Waals surface area contributed by atoms with Crippen LogP contribution in [0, 0.1) is 0 Å². The van der Waals surface area contributed by atoms with Crippen molar-refractivity contribution in [3.8, 4) is 11.5 Å². The number of carbonyl (C=O) groups is 2. The minimum absolute atomic E-state index is 0.0735. The van der Waals surface area contributed by atoms with E-state index in [1.807, 2.05) is 0 Å². The van der Waals surface area contributed by atoms with Crippen LogP contribution in [0.15, 0.2) is 46.6 Å². The molecule has 0 aromatic heterocycles. The highest BCUT2D eigenvalue weighted by molar-refractivity contribution is 5.89. The van der Waals surface area contributed by atoms with Gasteiger partial charge in [0.2, 0.25) is 0 Å². The van der Waals surface area contributed by atoms with Crippen molar-refractivity contribution >= 4 is 18.2 Å². The molecule has 0 fully saturated rings. The smallest absolute Gasteiger partial charge is 0.351 e. The van der Waals surface area contributed by atoms with E-state index in [1.165, 1.54) is 19.4 Å². The summed E-state index contributed by atoms with van der Waals surface area (Å²) in [6.07, 6.45) is 5.35. The van der Waals surface area contributed by atoms with Crippen molar-refractivity contribution < 1.29 is 29.6 Å². The van der Waals surface area contributed by atoms with Crippen LogP contribution >= 0.6 is 0 Å². The molecule has 0 saturated carbocycles. The summed E-state index contributed by atoms with van der Waals surface area (Å²) in [5, 5.41) is 30.1. The van der Waals surface area contributed by atoms with Crippen molar-refractivity contribution in [1.82, 2.24) is 5.32 Å². The number of ether oxygens (including phenoxy) is 1. The molecule has 2 rings (SSSR count). The molecular formula is C18H20N2O6. The number of phenolic OH excluding ortho intramolecular Hbond substituents is 1. The van der Waals surface area contributed by atoms with E-state index in [-0.39, 0.29) is 17.9 Å². The van der Waals surface area contributed by atoms with E-state index in [9.17, 15) is 14.7 Å². The van der Waals surface area contributed by atoms with Gasteiger partial charge in [-0.05, 0) is 41.8 Å². The molecule has 1 aliphatic heterocycles. The lowest BCUT2D eigenvalue weighted by Gasteiger charge is -2.21. The molecule has 0 radical (unpaired) electrons. The van der Waals surface area contributed by atoms with Crippen LogP contribution in [0.4, 0.5) is 0 Å². The molecule has 1 heterocycles. The maximum absolute atomic E-state index is 11.1. The quantitative estimate of drug-likeness (QED) is 0.540. The van der Waals surface area contributed by atoms with Gasteiger partial charge in [-0.2, -0.15) is 0 Å². The highest BCUT2D eigenvalue weighted by Crippen LogP contribution is 2.26. The van der Waals surface area contributed by atoms with Crippen molar-refractivity contribution in [2.45, 2.75) is 18.9 Å². The number of nitrogens with one attached hydrogen (secondary N) is 1. The van der Waals surface area contributed by atoms with E-state index in [2.05, 4.69) is 10.3 Å². The fourth-order valence-corrected chi connectivity index (χ4v) is 2.44. The highest BCUT2D eigenvalue weighted by Gasteiger charge is 2.26. The second-order valence-corrected chi connectivity index (χ2v) is 5.66. The number of aliphatic carboxylic acids is 2. The number of methoxy groups -OCH3 is 1. The molecule has 8 heteroatoms. The van der Waals surface area contributed by atoms with Gasteiger partial charge < -0.3 is 25.4 Å². The number of rotatable bonds is 7. The van der Waals surface area contributed by atoms with Crippen LogP contribution in [0.2, 0.25) is 0 Å². The minimum Gasteiger partial charge on any atom is -0.504 e. The van der Waals surface area contributed by atoms with Crippen LogP contribution in [-0.4, -0.2) is 53.2 Å². The molecule has 8 nitrogen and oxygen atoms in total. The van der Waals surface area contributed by atoms with E-state index in [1.54, 1.807) is 24.3 Å². The van der Waals surface area contributed by atoms with Gasteiger partial charge >= 0.3 is 11.9 Å². The van der Waals surface area contributed by atoms with Crippen molar-refractivity contribution in [3.05, 3.63) is 47.2 Å². The third-order valence-corrected chi connectivity index (χ3v) is 3.80. The molecular weight excluding hydrogens is 340 g/mol. The van der Waals surface area contributed by atoms with E-state index in [0.29, 0.717) is 24.3 Å². The van der Waals surface area contributed by atoms with Crippen LogP contribution in [0.1, 0.15) is 12.0 Å². The number of phenols is 1. The maximum Gasteiger partial charge on any atom is 0.351 e. The fourth-order valence-electron chi connectivity index (χ4n) is 2.44. The van der Waals surface area contributed by atoms with Crippen molar-refractivity contribution in [3.63, 3.8) is 0 Å². The Hall–Kier alpha value is -3.29. The van der Waals surface area contributed by atoms with E-state index < -0.39 is 18.0 Å². The molecule has 1 aliphatic rings. The molecule has 0 saturated heterocycles. The Bertz CT molecular complexity index is 782. The summed E-state index contributed by atoms with van der Waals surface area (Å²) >= 11 is 0. The average molecular weight is 360 g/mol. The maximum atomic E-state index is 11.1. The van der Waals surface area contributed by atoms with Crippen LogP contribution in [0.5, 0.6) is 11.5 Å². The van der Waals surface area contributed by atoms with Gasteiger partial charge in [0.1, 0.15) is 11.7 Å². The Labute approximate surface area is 150 Å². The molecule has 0 unspecified atom stereocenters. The summed E-state index contributed by atoms with van der Waals surface area (Å²) in [5.41, 5.74) is 1.37. The molecule has 1 aromatic carbocycles. The van der Waals surface area contributed by atoms with Crippen LogP contribution in [0.3, 0.4) is 0 Å². The Balaban J connectivity index is 1.98. The summed E-state index contributed by atoms with van der Waals surface area (Å²) in [4.78, 5) is 26.4. The van der Waals surface area contributed by atoms with Crippen molar-refractivity contribution in [2.24, 2.45) is 4.99 Å². The van der Waals surface area contributed by atoms with Gasteiger partial charge in [0.15, 0.2) is 11.5 Å². The number of hydrogen-bond acceptors (Lipinski definition) is 6. The first-order valence-electron chi connectivity index (χ1n) is 7.90. The summed E-state index contributed by atoms with van der Waals surface area (Å²) in [6.45, 7) is 0.480. The number of aliphatic imine (C=N–C) groups is 1. The number of carboxylic acid groups (broad SMARTS) is 2. The molecule has 0 spiro atoms. The third-order valence-electron chi connectivity index (χ3n) is 3.80. The Kier molecular flexibility index (Phi) is 6.37. The van der Waals surface area contributed by atoms with Gasteiger partial charge in [-0.15, -0.1) is 0 Å². The number of aromatic hydroxyl groups is 1. The second-order valence-electron chi connectivity index (χ2n) is 5.66. The zero-order chi connectivity index (χ0) is 19.1. The number of allylic oxidation sites excluding steroid dienone is 2. The van der Waals surface area contributed by atoms with Crippen molar-refractivity contribution in [1.29, 1.82) is 0 Å². The summed E-state index contributed by atoms with van der Waals surface area (Å²) in [7, 11) is 1.48. The molecule has 26 heavy (non-hydrogen) atoms. The Morgan fingerprint density at radius 2 is 2.15 bits per heavy atom. The highest BCUT2D eigenvalue weighted by atomic mass is 16.5. The second kappa shape index (κ2) is 8.70. The van der Waals surface area contributed by atoms with Crippen LogP contribution < -0.4 is 10.1 Å². The molecule has 0 bridgehead atoms. The Morgan fingerprint density at radius 1 is 1.38 bits per heavy atom. The van der Waals surface area contributed by atoms with Gasteiger partial charge in [-0.1, -0.05) is 6.07 Å². The number of benzene rings is 1. The fraction of sp³-hybridized carbons (Fsp3) is 0.278. The first kappa shape index (κ1) is 19.0. The van der Waals surface area contributed by atoms with Gasteiger partial charge in [0.05, 0.1) is 7.11 Å². The first-order valence-corrected chi connectivity index (χ1v) is 7.90. The Morgan fingerprint density at radius 3 is 2.81 bits per heavy atom. The van der Waals surface area contributed by atoms with Gasteiger partial charge in [0, 0.05) is 19.2 Å². The first-order chi connectivity index (χ1) is 12.4. The normalized spacial score (nSPS) is 18.4. The third kappa shape index (κ3) is 5.10. The lowest BCUT2D eigenvalue weighted by Crippen LogP contribution is -2.41. The van der Waals surface area contributed by atoms with E-state index in [4.69, 9.17) is 14.9 Å². The molecule has 4 N–H and O–H groups in total. The zero-order valence-electron chi connectivity index (χ0n) is 14.2. The van der Waals surface area contributed by atoms with Gasteiger partial charge in [-0.3, -0.25) is 4.99 Å². The van der Waals surface area contributed by atoms with E-state index >= 15 is 0 Å². The number of nitrogens with zero attached hydrogens (tertiary/aromatic N) is 1. The molecule has 1 atom stereocenters. The predicted octanol–water partition coefficient (Wildman–Crippen LogP) is 1.36. The lowest BCUT2D eigenvalue weighted by atomic mass is 10.00. The summed E-state index contributed by atoms with van der Waals surface area (Å²) < 4.78 is 5.04. The minimum atomic E-state index is -1.21.